The number of hydrogen-bond donors (Lipinski definition) is 1. The van der Waals surface area contributed by atoms with E-state index in [0.29, 0.717) is 6.04 Å². The summed E-state index contributed by atoms with van der Waals surface area (Å²) < 4.78 is 0. The molecule has 0 aliphatic carbocycles. The Kier molecular flexibility index (Phi) is 4.35. The normalized spacial score (nSPS) is 33.8. The van der Waals surface area contributed by atoms with Crippen molar-refractivity contribution in [3.8, 4) is 0 Å². The first-order chi connectivity index (χ1) is 7.25. The predicted octanol–water partition coefficient (Wildman–Crippen LogP) is 1.81. The number of hydrogen-bond acceptors (Lipinski definition) is 3. The van der Waals surface area contributed by atoms with Gasteiger partial charge in [0.05, 0.1) is 0 Å². The standard InChI is InChI=1S/C12H24N2S/c1-10(2)12-9-14(6-5-13-12)8-11-4-3-7-15-11/h10-13H,3-9H2,1-2H3. The second kappa shape index (κ2) is 5.55. The minimum absolute atomic E-state index is 0.713. The molecule has 15 heavy (non-hydrogen) atoms. The maximum Gasteiger partial charge on any atom is 0.0218 e. The molecular weight excluding hydrogens is 204 g/mol. The van der Waals surface area contributed by atoms with Crippen molar-refractivity contribution < 1.29 is 0 Å². The third-order valence-electron chi connectivity index (χ3n) is 3.58. The topological polar surface area (TPSA) is 15.3 Å². The van der Waals surface area contributed by atoms with Crippen molar-refractivity contribution in [2.24, 2.45) is 5.92 Å². The van der Waals surface area contributed by atoms with E-state index in [9.17, 15) is 0 Å². The Morgan fingerprint density at radius 2 is 2.33 bits per heavy atom. The van der Waals surface area contributed by atoms with E-state index in [1.165, 1.54) is 44.8 Å². The SMILES string of the molecule is CC(C)C1CN(CC2CCCS2)CCN1. The van der Waals surface area contributed by atoms with E-state index in [2.05, 4.69) is 35.8 Å². The van der Waals surface area contributed by atoms with Crippen LogP contribution in [0, 0.1) is 5.92 Å². The third kappa shape index (κ3) is 3.36. The van der Waals surface area contributed by atoms with Gasteiger partial charge in [-0.25, -0.2) is 0 Å². The van der Waals surface area contributed by atoms with Crippen LogP contribution >= 0.6 is 11.8 Å². The van der Waals surface area contributed by atoms with Crippen LogP contribution in [-0.4, -0.2) is 48.1 Å². The summed E-state index contributed by atoms with van der Waals surface area (Å²) in [5.74, 6) is 2.16. The quantitative estimate of drug-likeness (QED) is 0.793. The van der Waals surface area contributed by atoms with E-state index in [1.54, 1.807) is 0 Å². The molecule has 2 fully saturated rings. The molecule has 2 aliphatic heterocycles. The lowest BCUT2D eigenvalue weighted by Gasteiger charge is -2.36. The summed E-state index contributed by atoms with van der Waals surface area (Å²) in [5.41, 5.74) is 0. The molecular formula is C12H24N2S. The third-order valence-corrected chi connectivity index (χ3v) is 4.96. The van der Waals surface area contributed by atoms with Crippen molar-refractivity contribution in [2.75, 3.05) is 31.9 Å². The summed E-state index contributed by atoms with van der Waals surface area (Å²) in [6.45, 7) is 9.67. The Bertz CT molecular complexity index is 188. The average Bonchev–Trinajstić information content (AvgIpc) is 2.71. The van der Waals surface area contributed by atoms with Crippen LogP contribution in [0.5, 0.6) is 0 Å². The summed E-state index contributed by atoms with van der Waals surface area (Å²) in [6, 6.07) is 0.713. The van der Waals surface area contributed by atoms with Crippen molar-refractivity contribution >= 4 is 11.8 Å². The summed E-state index contributed by atoms with van der Waals surface area (Å²) in [7, 11) is 0. The molecule has 1 N–H and O–H groups in total. The van der Waals surface area contributed by atoms with E-state index >= 15 is 0 Å². The van der Waals surface area contributed by atoms with Crippen molar-refractivity contribution in [3.05, 3.63) is 0 Å². The van der Waals surface area contributed by atoms with Crippen LogP contribution in [0.25, 0.3) is 0 Å². The fourth-order valence-electron chi connectivity index (χ4n) is 2.53. The lowest BCUT2D eigenvalue weighted by molar-refractivity contribution is 0.175. The smallest absolute Gasteiger partial charge is 0.0218 e. The lowest BCUT2D eigenvalue weighted by atomic mass is 10.0. The molecule has 0 amide bonds. The Hall–Kier alpha value is 0.270. The van der Waals surface area contributed by atoms with Gasteiger partial charge in [0.2, 0.25) is 0 Å². The highest BCUT2D eigenvalue weighted by molar-refractivity contribution is 8.00. The molecule has 0 saturated carbocycles. The Balaban J connectivity index is 1.76. The first kappa shape index (κ1) is 11.7. The highest BCUT2D eigenvalue weighted by Gasteiger charge is 2.25. The zero-order valence-electron chi connectivity index (χ0n) is 10.0. The molecule has 88 valence electrons. The van der Waals surface area contributed by atoms with Gasteiger partial charge in [-0.3, -0.25) is 4.90 Å². The molecule has 0 aromatic rings. The van der Waals surface area contributed by atoms with Gasteiger partial charge in [0.15, 0.2) is 0 Å². The van der Waals surface area contributed by atoms with Gasteiger partial charge in [0.1, 0.15) is 0 Å². The van der Waals surface area contributed by atoms with E-state index in [-0.39, 0.29) is 0 Å². The highest BCUT2D eigenvalue weighted by atomic mass is 32.2. The van der Waals surface area contributed by atoms with Gasteiger partial charge >= 0.3 is 0 Å². The Morgan fingerprint density at radius 1 is 1.47 bits per heavy atom. The first-order valence-electron chi connectivity index (χ1n) is 6.33. The van der Waals surface area contributed by atoms with Crippen molar-refractivity contribution in [3.63, 3.8) is 0 Å². The van der Waals surface area contributed by atoms with Gasteiger partial charge in [0, 0.05) is 37.5 Å². The van der Waals surface area contributed by atoms with Gasteiger partial charge in [-0.15, -0.1) is 0 Å². The zero-order chi connectivity index (χ0) is 10.7. The largest absolute Gasteiger partial charge is 0.311 e. The first-order valence-corrected chi connectivity index (χ1v) is 7.38. The second-order valence-electron chi connectivity index (χ2n) is 5.20. The molecule has 0 spiro atoms. The maximum atomic E-state index is 3.62. The number of thioether (sulfide) groups is 1. The number of nitrogens with one attached hydrogen (secondary N) is 1. The molecule has 0 radical (unpaired) electrons. The van der Waals surface area contributed by atoms with E-state index < -0.39 is 0 Å². The van der Waals surface area contributed by atoms with Crippen LogP contribution in [-0.2, 0) is 0 Å². The molecule has 0 aromatic heterocycles. The maximum absolute atomic E-state index is 3.62. The van der Waals surface area contributed by atoms with Crippen LogP contribution in [0.2, 0.25) is 0 Å². The fraction of sp³-hybridized carbons (Fsp3) is 1.00. The van der Waals surface area contributed by atoms with Gasteiger partial charge in [0.25, 0.3) is 0 Å². The molecule has 2 rings (SSSR count). The molecule has 2 unspecified atom stereocenters. The Morgan fingerprint density at radius 3 is 3.00 bits per heavy atom. The minimum Gasteiger partial charge on any atom is -0.311 e. The van der Waals surface area contributed by atoms with E-state index in [1.807, 2.05) is 0 Å². The molecule has 0 aromatic carbocycles. The summed E-state index contributed by atoms with van der Waals surface area (Å²) in [5, 5.41) is 4.55. The number of piperazine rings is 1. The van der Waals surface area contributed by atoms with E-state index in [0.717, 1.165) is 11.2 Å². The second-order valence-corrected chi connectivity index (χ2v) is 6.61. The van der Waals surface area contributed by atoms with Crippen molar-refractivity contribution in [1.82, 2.24) is 10.2 Å². The highest BCUT2D eigenvalue weighted by Crippen LogP contribution is 2.27. The predicted molar refractivity (Wildman–Crippen MR) is 68.5 cm³/mol. The van der Waals surface area contributed by atoms with Gasteiger partial charge in [-0.05, 0) is 24.5 Å². The summed E-state index contributed by atoms with van der Waals surface area (Å²) in [6.07, 6.45) is 2.88. The fourth-order valence-corrected chi connectivity index (χ4v) is 3.85. The van der Waals surface area contributed by atoms with E-state index in [4.69, 9.17) is 0 Å². The van der Waals surface area contributed by atoms with Gasteiger partial charge in [-0.1, -0.05) is 13.8 Å². The summed E-state index contributed by atoms with van der Waals surface area (Å²) >= 11 is 2.18. The molecule has 2 aliphatic rings. The van der Waals surface area contributed by atoms with Crippen LogP contribution < -0.4 is 5.32 Å². The van der Waals surface area contributed by atoms with Gasteiger partial charge in [-0.2, -0.15) is 11.8 Å². The lowest BCUT2D eigenvalue weighted by Crippen LogP contribution is -2.53. The number of rotatable bonds is 3. The molecule has 2 atom stereocenters. The average molecular weight is 228 g/mol. The number of nitrogens with zero attached hydrogens (tertiary/aromatic N) is 1. The monoisotopic (exact) mass is 228 g/mol. The van der Waals surface area contributed by atoms with Crippen LogP contribution in [0.3, 0.4) is 0 Å². The summed E-state index contributed by atoms with van der Waals surface area (Å²) in [4.78, 5) is 2.67. The molecule has 2 saturated heterocycles. The Labute approximate surface area is 98.2 Å². The zero-order valence-corrected chi connectivity index (χ0v) is 10.9. The molecule has 3 heteroatoms. The van der Waals surface area contributed by atoms with Gasteiger partial charge < -0.3 is 5.32 Å². The van der Waals surface area contributed by atoms with Crippen LogP contribution in [0.1, 0.15) is 26.7 Å². The van der Waals surface area contributed by atoms with Crippen LogP contribution in [0.15, 0.2) is 0 Å². The molecule has 2 nitrogen and oxygen atoms in total. The molecule has 0 bridgehead atoms. The van der Waals surface area contributed by atoms with Crippen molar-refractivity contribution in [1.29, 1.82) is 0 Å². The van der Waals surface area contributed by atoms with Crippen LogP contribution in [0.4, 0.5) is 0 Å². The minimum atomic E-state index is 0.713. The van der Waals surface area contributed by atoms with Crippen molar-refractivity contribution in [2.45, 2.75) is 38.0 Å². The molecule has 2 heterocycles.